The highest BCUT2D eigenvalue weighted by Gasteiger charge is 2.40. The molecule has 13 nitrogen and oxygen atoms in total. The number of alkyl halides is 1. The molecule has 1 aliphatic carbocycles. The molecule has 0 radical (unpaired) electrons. The summed E-state index contributed by atoms with van der Waals surface area (Å²) in [7, 11) is 0. The molecule has 0 aromatic heterocycles. The van der Waals surface area contributed by atoms with Crippen LogP contribution in [0.4, 0.5) is 0 Å². The van der Waals surface area contributed by atoms with Crippen LogP contribution in [-0.2, 0) is 56.8 Å². The van der Waals surface area contributed by atoms with E-state index < -0.39 is 0 Å². The number of halogens is 1. The molecule has 0 spiro atoms. The van der Waals surface area contributed by atoms with Gasteiger partial charge < -0.3 is 61.6 Å². The van der Waals surface area contributed by atoms with E-state index in [1.807, 2.05) is 30.3 Å². The molecule has 11 aliphatic rings. The Kier molecular flexibility index (Phi) is 33.7. The van der Waals surface area contributed by atoms with Gasteiger partial charge in [0.2, 0.25) is 0 Å². The van der Waals surface area contributed by atoms with E-state index in [1.165, 1.54) is 77.0 Å². The van der Waals surface area contributed by atoms with Crippen LogP contribution in [0.5, 0.6) is 5.75 Å². The lowest BCUT2D eigenvalue weighted by Crippen LogP contribution is -2.21. The predicted molar refractivity (Wildman–Crippen MR) is 288 cm³/mol. The third-order valence-corrected chi connectivity index (χ3v) is 12.3. The molecule has 0 bridgehead atoms. The van der Waals surface area contributed by atoms with E-state index in [0.717, 1.165) is 71.8 Å². The summed E-state index contributed by atoms with van der Waals surface area (Å²) in [4.78, 5) is 0. The van der Waals surface area contributed by atoms with E-state index in [2.05, 4.69) is 82.7 Å². The molecule has 10 heterocycles. The van der Waals surface area contributed by atoms with Gasteiger partial charge in [0.1, 0.15) is 30.7 Å². The van der Waals surface area contributed by atoms with Gasteiger partial charge in [-0.3, -0.25) is 0 Å². The standard InChI is InChI=1S/C9H10O2.C8H16O.C7H14O2.C6H10O2.C6H10O.2C6H12O.C4H8O.C3H5ClO.C3H6O/c1-2-4-8(5-3-1)10-6-9-7-11-9;1-2-3-4-5-6-8-7-9-8;1-7(2,3)9-5-6-4-8-6;1-2-3-7-4-6-5-8-6;1-2-4-6-5(3-1)7-6;1-6(2,3)5-4-7-5;1-2-3-4-6-5-7-6;1-3-4(2)5-3;4-1-3-2-5-3;1-3-2-4-3/h1-5,9H,6-7H2;8H,2-7H2,1H3;6H,4-5H2,1-3H3;2,6H,1,3-5H2;5-6H,1-4H2;5H,4H2,1-3H3;6H,2-5H2,1H3;3-4H,1-2H3;3H,1-2H2;3H,2H2,1H3. The van der Waals surface area contributed by atoms with Crippen molar-refractivity contribution in [1.82, 2.24) is 0 Å². The van der Waals surface area contributed by atoms with Crippen molar-refractivity contribution >= 4 is 11.6 Å². The highest BCUT2D eigenvalue weighted by Crippen LogP contribution is 2.36. The Bertz CT molecular complexity index is 1410. The van der Waals surface area contributed by atoms with Crippen molar-refractivity contribution in [2.45, 2.75) is 232 Å². The lowest BCUT2D eigenvalue weighted by molar-refractivity contribution is -0.0104. The molecule has 0 N–H and O–H groups in total. The van der Waals surface area contributed by atoms with Crippen LogP contribution in [-0.4, -0.2) is 164 Å². The SMILES string of the molecule is C1CCC2OC2C1.C=CCOCC1CO1.CC(C)(C)C1CO1.CC(C)(C)OCC1CO1.CC1CO1.CC1OC1C.CCCCC1CO1.CCCCCCC1CO1.ClCC1CO1.c1ccc(OCC2CO2)cc1. The Hall–Kier alpha value is -1.43. The fourth-order valence-corrected chi connectivity index (χ4v) is 6.18. The zero-order valence-electron chi connectivity index (χ0n) is 47.0. The second-order valence-electron chi connectivity index (χ2n) is 22.1. The van der Waals surface area contributed by atoms with Gasteiger partial charge in [-0.25, -0.2) is 0 Å². The van der Waals surface area contributed by atoms with E-state index in [-0.39, 0.29) is 5.60 Å². The summed E-state index contributed by atoms with van der Waals surface area (Å²) in [6, 6.07) is 9.79. The summed E-state index contributed by atoms with van der Waals surface area (Å²) >= 11 is 5.27. The van der Waals surface area contributed by atoms with Crippen LogP contribution in [0.3, 0.4) is 0 Å². The quantitative estimate of drug-likeness (QED) is 0.0594. The maximum Gasteiger partial charge on any atom is 0.119 e. The Morgan fingerprint density at radius 3 is 1.38 bits per heavy atom. The van der Waals surface area contributed by atoms with E-state index in [0.29, 0.717) is 97.8 Å². The Balaban J connectivity index is 0.000000213. The molecule has 14 heteroatoms. The van der Waals surface area contributed by atoms with Gasteiger partial charge in [0.05, 0.1) is 139 Å². The average Bonchev–Trinajstić information content (AvgIpc) is 4.14. The lowest BCUT2D eigenvalue weighted by atomic mass is 9.93. The zero-order chi connectivity index (χ0) is 52.6. The summed E-state index contributed by atoms with van der Waals surface area (Å²) in [5.41, 5.74) is 0.381. The van der Waals surface area contributed by atoms with E-state index in [4.69, 9.17) is 73.2 Å². The summed E-state index contributed by atoms with van der Waals surface area (Å²) < 4.78 is 65.6. The smallest absolute Gasteiger partial charge is 0.119 e. The van der Waals surface area contributed by atoms with Crippen molar-refractivity contribution in [3.05, 3.63) is 43.0 Å². The molecular weight excluding hydrogens is 940 g/mol. The molecule has 1 aromatic rings. The molecule has 12 unspecified atom stereocenters. The molecule has 72 heavy (non-hydrogen) atoms. The number of hydrogen-bond acceptors (Lipinski definition) is 13. The van der Waals surface area contributed by atoms with Gasteiger partial charge in [0.15, 0.2) is 0 Å². The number of epoxide rings is 10. The first kappa shape index (κ1) is 64.9. The van der Waals surface area contributed by atoms with Gasteiger partial charge in [0.25, 0.3) is 0 Å². The minimum absolute atomic E-state index is 0.00799. The third-order valence-electron chi connectivity index (χ3n) is 12.0. The van der Waals surface area contributed by atoms with Crippen molar-refractivity contribution in [2.24, 2.45) is 5.41 Å². The first-order chi connectivity index (χ1) is 34.5. The molecule has 1 saturated carbocycles. The largest absolute Gasteiger partial charge is 0.491 e. The fraction of sp³-hybridized carbons (Fsp3) is 0.862. The highest BCUT2D eigenvalue weighted by molar-refractivity contribution is 6.18. The zero-order valence-corrected chi connectivity index (χ0v) is 47.7. The van der Waals surface area contributed by atoms with Crippen molar-refractivity contribution in [3.8, 4) is 5.75 Å². The predicted octanol–water partition coefficient (Wildman–Crippen LogP) is 11.8. The topological polar surface area (TPSA) is 153 Å². The number of unbranched alkanes of at least 4 members (excludes halogenated alkanes) is 4. The van der Waals surface area contributed by atoms with Crippen LogP contribution in [0, 0.1) is 5.41 Å². The van der Waals surface area contributed by atoms with Crippen molar-refractivity contribution < 1.29 is 61.6 Å². The van der Waals surface area contributed by atoms with E-state index >= 15 is 0 Å². The molecular formula is C58H103ClO13. The van der Waals surface area contributed by atoms with Crippen LogP contribution in [0.2, 0.25) is 0 Å². The number of ether oxygens (including phenoxy) is 13. The summed E-state index contributed by atoms with van der Waals surface area (Å²) in [6.07, 6.45) is 24.4. The Morgan fingerprint density at radius 1 is 0.583 bits per heavy atom. The van der Waals surface area contributed by atoms with Gasteiger partial charge in [-0.15, -0.1) is 18.2 Å². The van der Waals surface area contributed by atoms with Gasteiger partial charge in [0, 0.05) is 0 Å². The monoisotopic (exact) mass is 1040 g/mol. The summed E-state index contributed by atoms with van der Waals surface area (Å²) in [5.74, 6) is 1.59. The maximum atomic E-state index is 5.43. The highest BCUT2D eigenvalue weighted by atomic mass is 35.5. The lowest BCUT2D eigenvalue weighted by Gasteiger charge is -2.18. The van der Waals surface area contributed by atoms with Gasteiger partial charge in [-0.05, 0) is 84.8 Å². The first-order valence-electron chi connectivity index (χ1n) is 27.8. The van der Waals surface area contributed by atoms with Crippen LogP contribution < -0.4 is 4.74 Å². The minimum Gasteiger partial charge on any atom is -0.491 e. The van der Waals surface area contributed by atoms with E-state index in [9.17, 15) is 0 Å². The number of hydrogen-bond donors (Lipinski definition) is 0. The molecule has 10 aliphatic heterocycles. The summed E-state index contributed by atoms with van der Waals surface area (Å²) in [5, 5.41) is 0. The number of benzene rings is 1. The number of fused-ring (bicyclic) bond motifs is 1. The van der Waals surface area contributed by atoms with Gasteiger partial charge in [-0.2, -0.15) is 0 Å². The minimum atomic E-state index is -0.00799. The van der Waals surface area contributed by atoms with Crippen LogP contribution in [0.15, 0.2) is 43.0 Å². The molecule has 12 rings (SSSR count). The van der Waals surface area contributed by atoms with Crippen LogP contribution in [0.1, 0.15) is 153 Å². The molecule has 12 atom stereocenters. The van der Waals surface area contributed by atoms with Crippen LogP contribution >= 0.6 is 11.6 Å². The molecule has 10 saturated heterocycles. The normalized spacial score (nSPS) is 30.7. The molecule has 0 amide bonds. The molecule has 11 fully saturated rings. The first-order valence-corrected chi connectivity index (χ1v) is 28.4. The second kappa shape index (κ2) is 37.4. The Morgan fingerprint density at radius 2 is 1.04 bits per heavy atom. The van der Waals surface area contributed by atoms with Crippen molar-refractivity contribution in [1.29, 1.82) is 0 Å². The van der Waals surface area contributed by atoms with Crippen molar-refractivity contribution in [3.63, 3.8) is 0 Å². The Labute approximate surface area is 442 Å². The van der Waals surface area contributed by atoms with Crippen LogP contribution in [0.25, 0.3) is 0 Å². The average molecular weight is 1040 g/mol. The second-order valence-corrected chi connectivity index (χ2v) is 22.4. The summed E-state index contributed by atoms with van der Waals surface area (Å²) in [6.45, 7) is 37.2. The molecule has 1 aromatic carbocycles. The van der Waals surface area contributed by atoms with Gasteiger partial charge >= 0.3 is 0 Å². The van der Waals surface area contributed by atoms with Gasteiger partial charge in [-0.1, -0.05) is 110 Å². The van der Waals surface area contributed by atoms with Crippen molar-refractivity contribution in [2.75, 3.05) is 85.2 Å². The molecule has 420 valence electrons. The number of rotatable bonds is 18. The fourth-order valence-electron chi connectivity index (χ4n) is 6.00. The third kappa shape index (κ3) is 44.8. The number of para-hydroxylation sites is 1. The maximum absolute atomic E-state index is 5.43. The van der Waals surface area contributed by atoms with E-state index in [1.54, 1.807) is 6.08 Å².